The van der Waals surface area contributed by atoms with Crippen molar-refractivity contribution in [3.63, 3.8) is 0 Å². The number of carbonyl (C=O) groups is 3. The summed E-state index contributed by atoms with van der Waals surface area (Å²) in [6.07, 6.45) is 4.88. The third-order valence-corrected chi connectivity index (χ3v) is 3.81. The standard InChI is InChI=1S/C14H15N3O5/c1-8-15-11(22-16-8)7-21-12(18)6-17-13(19)9-4-2-3-5-10(9)14(17)20/h2-3,9-10H,4-7H2,1H3. The number of amides is 2. The van der Waals surface area contributed by atoms with Crippen LogP contribution in [-0.4, -0.2) is 39.4 Å². The van der Waals surface area contributed by atoms with Gasteiger partial charge in [-0.1, -0.05) is 17.3 Å². The Balaban J connectivity index is 1.57. The lowest BCUT2D eigenvalue weighted by molar-refractivity contribution is -0.154. The molecule has 2 amide bonds. The summed E-state index contributed by atoms with van der Waals surface area (Å²) in [6.45, 7) is 1.09. The second kappa shape index (κ2) is 5.70. The Morgan fingerprint density at radius 3 is 2.50 bits per heavy atom. The molecule has 1 aliphatic heterocycles. The van der Waals surface area contributed by atoms with Gasteiger partial charge in [0, 0.05) is 0 Å². The quantitative estimate of drug-likeness (QED) is 0.450. The summed E-state index contributed by atoms with van der Waals surface area (Å²) in [5.74, 6) is -1.36. The van der Waals surface area contributed by atoms with E-state index in [-0.39, 0.29) is 42.7 Å². The van der Waals surface area contributed by atoms with Crippen molar-refractivity contribution < 1.29 is 23.6 Å². The molecule has 1 aliphatic carbocycles. The van der Waals surface area contributed by atoms with Crippen LogP contribution >= 0.6 is 0 Å². The molecule has 1 saturated heterocycles. The van der Waals surface area contributed by atoms with Crippen LogP contribution in [0.15, 0.2) is 16.7 Å². The Labute approximate surface area is 126 Å². The van der Waals surface area contributed by atoms with Gasteiger partial charge in [0.25, 0.3) is 5.89 Å². The molecule has 0 radical (unpaired) electrons. The molecule has 2 atom stereocenters. The molecule has 2 aliphatic rings. The molecular weight excluding hydrogens is 290 g/mol. The van der Waals surface area contributed by atoms with Gasteiger partial charge in [0.1, 0.15) is 6.54 Å². The van der Waals surface area contributed by atoms with Crippen LogP contribution < -0.4 is 0 Å². The number of imide groups is 1. The van der Waals surface area contributed by atoms with E-state index >= 15 is 0 Å². The fourth-order valence-electron chi connectivity index (χ4n) is 2.74. The monoisotopic (exact) mass is 305 g/mol. The highest BCUT2D eigenvalue weighted by molar-refractivity contribution is 6.07. The zero-order chi connectivity index (χ0) is 15.7. The molecule has 116 valence electrons. The van der Waals surface area contributed by atoms with Crippen molar-refractivity contribution in [3.05, 3.63) is 23.9 Å². The van der Waals surface area contributed by atoms with Gasteiger partial charge in [0.2, 0.25) is 11.8 Å². The minimum absolute atomic E-state index is 0.169. The minimum Gasteiger partial charge on any atom is -0.454 e. The Kier molecular flexibility index (Phi) is 3.74. The second-order valence-corrected chi connectivity index (χ2v) is 5.31. The van der Waals surface area contributed by atoms with Crippen LogP contribution in [-0.2, 0) is 25.7 Å². The van der Waals surface area contributed by atoms with E-state index in [1.807, 2.05) is 12.2 Å². The SMILES string of the molecule is Cc1noc(COC(=O)CN2C(=O)C3CC=CCC3C2=O)n1. The maximum absolute atomic E-state index is 12.2. The summed E-state index contributed by atoms with van der Waals surface area (Å²) in [7, 11) is 0. The lowest BCUT2D eigenvalue weighted by Crippen LogP contribution is -2.36. The molecule has 0 spiro atoms. The Hall–Kier alpha value is -2.51. The molecule has 22 heavy (non-hydrogen) atoms. The van der Waals surface area contributed by atoms with Gasteiger partial charge in [-0.05, 0) is 19.8 Å². The van der Waals surface area contributed by atoms with Crippen LogP contribution in [0.5, 0.6) is 0 Å². The first-order valence-electron chi connectivity index (χ1n) is 7.01. The highest BCUT2D eigenvalue weighted by Crippen LogP contribution is 2.34. The van der Waals surface area contributed by atoms with Crippen LogP contribution in [0.1, 0.15) is 24.6 Å². The number of ether oxygens (including phenoxy) is 1. The molecule has 8 nitrogen and oxygen atoms in total. The van der Waals surface area contributed by atoms with Crippen molar-refractivity contribution in [2.45, 2.75) is 26.4 Å². The molecule has 2 unspecified atom stereocenters. The van der Waals surface area contributed by atoms with Crippen molar-refractivity contribution in [1.82, 2.24) is 15.0 Å². The molecule has 0 saturated carbocycles. The molecule has 2 heterocycles. The van der Waals surface area contributed by atoms with Crippen molar-refractivity contribution in [2.24, 2.45) is 11.8 Å². The zero-order valence-electron chi connectivity index (χ0n) is 12.0. The number of carbonyl (C=O) groups excluding carboxylic acids is 3. The number of esters is 1. The van der Waals surface area contributed by atoms with Gasteiger partial charge in [-0.25, -0.2) is 0 Å². The second-order valence-electron chi connectivity index (χ2n) is 5.31. The largest absolute Gasteiger partial charge is 0.454 e. The number of aryl methyl sites for hydroxylation is 1. The van der Waals surface area contributed by atoms with Gasteiger partial charge < -0.3 is 9.26 Å². The minimum atomic E-state index is -0.677. The van der Waals surface area contributed by atoms with E-state index in [4.69, 9.17) is 9.26 Å². The van der Waals surface area contributed by atoms with Gasteiger partial charge in [0.05, 0.1) is 11.8 Å². The average Bonchev–Trinajstić information content (AvgIpc) is 3.03. The fraction of sp³-hybridized carbons (Fsp3) is 0.500. The molecule has 3 rings (SSSR count). The predicted molar refractivity (Wildman–Crippen MR) is 70.9 cm³/mol. The lowest BCUT2D eigenvalue weighted by atomic mass is 9.85. The van der Waals surface area contributed by atoms with E-state index in [0.29, 0.717) is 18.7 Å². The topological polar surface area (TPSA) is 103 Å². The number of nitrogens with zero attached hydrogens (tertiary/aromatic N) is 3. The Bertz CT molecular complexity index is 625. The first-order valence-corrected chi connectivity index (χ1v) is 7.01. The van der Waals surface area contributed by atoms with Gasteiger partial charge in [0.15, 0.2) is 12.4 Å². The molecule has 1 aromatic rings. The van der Waals surface area contributed by atoms with Crippen LogP contribution in [0.4, 0.5) is 0 Å². The zero-order valence-corrected chi connectivity index (χ0v) is 12.0. The van der Waals surface area contributed by atoms with Crippen LogP contribution in [0.2, 0.25) is 0 Å². The molecule has 1 aromatic heterocycles. The number of hydrogen-bond acceptors (Lipinski definition) is 7. The van der Waals surface area contributed by atoms with Crippen molar-refractivity contribution in [2.75, 3.05) is 6.54 Å². The lowest BCUT2D eigenvalue weighted by Gasteiger charge is -2.14. The van der Waals surface area contributed by atoms with E-state index in [0.717, 1.165) is 4.90 Å². The summed E-state index contributed by atoms with van der Waals surface area (Å²) < 4.78 is 9.77. The summed E-state index contributed by atoms with van der Waals surface area (Å²) in [5.41, 5.74) is 0. The summed E-state index contributed by atoms with van der Waals surface area (Å²) in [5, 5.41) is 3.57. The molecule has 8 heteroatoms. The molecule has 0 N–H and O–H groups in total. The summed E-state index contributed by atoms with van der Waals surface area (Å²) in [4.78, 5) is 41.1. The van der Waals surface area contributed by atoms with Gasteiger partial charge in [-0.3, -0.25) is 19.3 Å². The van der Waals surface area contributed by atoms with E-state index in [1.165, 1.54) is 0 Å². The number of allylic oxidation sites excluding steroid dienone is 2. The molecule has 0 bridgehead atoms. The van der Waals surface area contributed by atoms with Gasteiger partial charge >= 0.3 is 5.97 Å². The smallest absolute Gasteiger partial charge is 0.326 e. The maximum atomic E-state index is 12.2. The highest BCUT2D eigenvalue weighted by atomic mass is 16.6. The molecule has 0 aromatic carbocycles. The Morgan fingerprint density at radius 1 is 1.32 bits per heavy atom. The van der Waals surface area contributed by atoms with Crippen LogP contribution in [0.25, 0.3) is 0 Å². The normalized spacial score (nSPS) is 23.8. The van der Waals surface area contributed by atoms with Gasteiger partial charge in [-0.15, -0.1) is 0 Å². The number of aromatic nitrogens is 2. The van der Waals surface area contributed by atoms with Crippen molar-refractivity contribution in [1.29, 1.82) is 0 Å². The van der Waals surface area contributed by atoms with E-state index in [2.05, 4.69) is 10.1 Å². The predicted octanol–water partition coefficient (Wildman–Crippen LogP) is 0.372. The summed E-state index contributed by atoms with van der Waals surface area (Å²) in [6, 6.07) is 0. The van der Waals surface area contributed by atoms with Crippen LogP contribution in [0, 0.1) is 18.8 Å². The maximum Gasteiger partial charge on any atom is 0.326 e. The molecular formula is C14H15N3O5. The van der Waals surface area contributed by atoms with Crippen molar-refractivity contribution >= 4 is 17.8 Å². The average molecular weight is 305 g/mol. The van der Waals surface area contributed by atoms with Crippen molar-refractivity contribution in [3.8, 4) is 0 Å². The number of hydrogen-bond donors (Lipinski definition) is 0. The highest BCUT2D eigenvalue weighted by Gasteiger charge is 2.47. The number of fused-ring (bicyclic) bond motifs is 1. The fourth-order valence-corrected chi connectivity index (χ4v) is 2.74. The first-order chi connectivity index (χ1) is 10.6. The third kappa shape index (κ3) is 2.63. The number of likely N-dealkylation sites (tertiary alicyclic amines) is 1. The summed E-state index contributed by atoms with van der Waals surface area (Å²) >= 11 is 0. The van der Waals surface area contributed by atoms with E-state index < -0.39 is 5.97 Å². The van der Waals surface area contributed by atoms with E-state index in [9.17, 15) is 14.4 Å². The first kappa shape index (κ1) is 14.4. The Morgan fingerprint density at radius 2 is 1.95 bits per heavy atom. The van der Waals surface area contributed by atoms with Crippen LogP contribution in [0.3, 0.4) is 0 Å². The van der Waals surface area contributed by atoms with E-state index in [1.54, 1.807) is 6.92 Å². The molecule has 1 fully saturated rings. The third-order valence-electron chi connectivity index (χ3n) is 3.81. The van der Waals surface area contributed by atoms with Gasteiger partial charge in [-0.2, -0.15) is 4.98 Å². The number of rotatable bonds is 4.